The fraction of sp³-hybridized carbons (Fsp3) is 0.316. The highest BCUT2D eigenvalue weighted by Crippen LogP contribution is 2.26. The van der Waals surface area contributed by atoms with Gasteiger partial charge in [0, 0.05) is 36.9 Å². The average molecular weight is 345 g/mol. The lowest BCUT2D eigenvalue weighted by atomic mass is 10.0. The van der Waals surface area contributed by atoms with E-state index in [4.69, 9.17) is 11.6 Å². The molecule has 1 atom stereocenters. The molecule has 1 N–H and O–H groups in total. The number of aliphatic carboxylic acids is 1. The standard InChI is InChI=1S/C19H21ClN2O2/c1-14-2-8-17(9-3-14)21-10-12-22(13-11-21)18(19(23)24)15-4-6-16(20)7-5-15/h2-9,18H,10-13H2,1H3,(H,23,24)/t18-/m1/s1. The Kier molecular flexibility index (Phi) is 5.07. The number of piperazine rings is 1. The quantitative estimate of drug-likeness (QED) is 0.920. The van der Waals surface area contributed by atoms with E-state index in [0.717, 1.165) is 18.7 Å². The van der Waals surface area contributed by atoms with Gasteiger partial charge in [-0.05, 0) is 36.8 Å². The number of nitrogens with zero attached hydrogens (tertiary/aromatic N) is 2. The first kappa shape index (κ1) is 16.8. The van der Waals surface area contributed by atoms with Crippen molar-refractivity contribution in [2.75, 3.05) is 31.1 Å². The summed E-state index contributed by atoms with van der Waals surface area (Å²) in [5.74, 6) is -0.818. The van der Waals surface area contributed by atoms with Gasteiger partial charge in [-0.25, -0.2) is 0 Å². The van der Waals surface area contributed by atoms with Crippen molar-refractivity contribution >= 4 is 23.3 Å². The molecule has 0 unspecified atom stereocenters. The maximum absolute atomic E-state index is 11.8. The molecule has 3 rings (SSSR count). The van der Waals surface area contributed by atoms with E-state index in [1.807, 2.05) is 4.90 Å². The van der Waals surface area contributed by atoms with Crippen molar-refractivity contribution in [1.29, 1.82) is 0 Å². The molecule has 0 aliphatic carbocycles. The van der Waals surface area contributed by atoms with Crippen LogP contribution in [-0.2, 0) is 4.79 Å². The molecular weight excluding hydrogens is 324 g/mol. The number of aryl methyl sites for hydroxylation is 1. The molecule has 0 amide bonds. The lowest BCUT2D eigenvalue weighted by Gasteiger charge is -2.39. The molecule has 1 saturated heterocycles. The van der Waals surface area contributed by atoms with Crippen LogP contribution in [-0.4, -0.2) is 42.2 Å². The summed E-state index contributed by atoms with van der Waals surface area (Å²) in [6.45, 7) is 5.15. The number of halogens is 1. The molecule has 0 saturated carbocycles. The van der Waals surface area contributed by atoms with E-state index in [1.165, 1.54) is 11.3 Å². The minimum Gasteiger partial charge on any atom is -0.480 e. The van der Waals surface area contributed by atoms with Crippen molar-refractivity contribution in [2.24, 2.45) is 0 Å². The Morgan fingerprint density at radius 2 is 1.58 bits per heavy atom. The van der Waals surface area contributed by atoms with Gasteiger partial charge in [0.15, 0.2) is 0 Å². The van der Waals surface area contributed by atoms with Gasteiger partial charge in [-0.1, -0.05) is 41.4 Å². The molecule has 2 aromatic rings. The number of hydrogen-bond donors (Lipinski definition) is 1. The highest BCUT2D eigenvalue weighted by Gasteiger charge is 2.30. The number of carboxylic acids is 1. The highest BCUT2D eigenvalue weighted by molar-refractivity contribution is 6.30. The molecule has 4 nitrogen and oxygen atoms in total. The fourth-order valence-corrected chi connectivity index (χ4v) is 3.27. The molecule has 126 valence electrons. The van der Waals surface area contributed by atoms with Crippen LogP contribution >= 0.6 is 11.6 Å². The zero-order valence-electron chi connectivity index (χ0n) is 13.7. The van der Waals surface area contributed by atoms with Gasteiger partial charge in [-0.15, -0.1) is 0 Å². The van der Waals surface area contributed by atoms with E-state index < -0.39 is 12.0 Å². The van der Waals surface area contributed by atoms with Gasteiger partial charge in [-0.3, -0.25) is 9.69 Å². The van der Waals surface area contributed by atoms with Crippen LogP contribution in [0, 0.1) is 6.92 Å². The van der Waals surface area contributed by atoms with E-state index >= 15 is 0 Å². The van der Waals surface area contributed by atoms with E-state index in [1.54, 1.807) is 24.3 Å². The van der Waals surface area contributed by atoms with Crippen molar-refractivity contribution in [3.8, 4) is 0 Å². The first-order valence-corrected chi connectivity index (χ1v) is 8.46. The number of rotatable bonds is 4. The van der Waals surface area contributed by atoms with E-state index in [2.05, 4.69) is 36.1 Å². The van der Waals surface area contributed by atoms with Gasteiger partial charge in [0.2, 0.25) is 0 Å². The summed E-state index contributed by atoms with van der Waals surface area (Å²) in [7, 11) is 0. The van der Waals surface area contributed by atoms with Crippen LogP contribution in [0.4, 0.5) is 5.69 Å². The van der Waals surface area contributed by atoms with Crippen LogP contribution < -0.4 is 4.90 Å². The van der Waals surface area contributed by atoms with E-state index in [9.17, 15) is 9.90 Å². The first-order valence-electron chi connectivity index (χ1n) is 8.08. The van der Waals surface area contributed by atoms with Crippen molar-refractivity contribution in [1.82, 2.24) is 4.90 Å². The van der Waals surface area contributed by atoms with Gasteiger partial charge in [0.05, 0.1) is 0 Å². The van der Waals surface area contributed by atoms with Crippen LogP contribution in [0.5, 0.6) is 0 Å². The average Bonchev–Trinajstić information content (AvgIpc) is 2.58. The lowest BCUT2D eigenvalue weighted by molar-refractivity contribution is -0.143. The molecular formula is C19H21ClN2O2. The second-order valence-corrected chi connectivity index (χ2v) is 6.59. The van der Waals surface area contributed by atoms with Gasteiger partial charge in [0.25, 0.3) is 0 Å². The second kappa shape index (κ2) is 7.24. The number of benzene rings is 2. The summed E-state index contributed by atoms with van der Waals surface area (Å²) in [6.07, 6.45) is 0. The normalized spacial score (nSPS) is 16.8. The van der Waals surface area contributed by atoms with Crippen LogP contribution in [0.15, 0.2) is 48.5 Å². The molecule has 1 heterocycles. The third kappa shape index (κ3) is 3.71. The summed E-state index contributed by atoms with van der Waals surface area (Å²) >= 11 is 5.91. The number of carboxylic acid groups (broad SMARTS) is 1. The van der Waals surface area contributed by atoms with E-state index in [0.29, 0.717) is 18.1 Å². The number of hydrogen-bond acceptors (Lipinski definition) is 3. The second-order valence-electron chi connectivity index (χ2n) is 6.15. The largest absolute Gasteiger partial charge is 0.480 e. The third-order valence-corrected chi connectivity index (χ3v) is 4.75. The molecule has 5 heteroatoms. The van der Waals surface area contributed by atoms with Gasteiger partial charge in [-0.2, -0.15) is 0 Å². The molecule has 0 radical (unpaired) electrons. The maximum atomic E-state index is 11.8. The first-order chi connectivity index (χ1) is 11.5. The van der Waals surface area contributed by atoms with Crippen molar-refractivity contribution in [3.63, 3.8) is 0 Å². The zero-order valence-corrected chi connectivity index (χ0v) is 14.4. The van der Waals surface area contributed by atoms with Crippen molar-refractivity contribution in [2.45, 2.75) is 13.0 Å². The van der Waals surface area contributed by atoms with Gasteiger partial charge < -0.3 is 10.0 Å². The maximum Gasteiger partial charge on any atom is 0.325 e. The molecule has 0 aromatic heterocycles. The molecule has 2 aromatic carbocycles. The van der Waals surface area contributed by atoms with Crippen LogP contribution in [0.25, 0.3) is 0 Å². The van der Waals surface area contributed by atoms with Gasteiger partial charge >= 0.3 is 5.97 Å². The third-order valence-electron chi connectivity index (χ3n) is 4.50. The van der Waals surface area contributed by atoms with Crippen LogP contribution in [0.1, 0.15) is 17.2 Å². The summed E-state index contributed by atoms with van der Waals surface area (Å²) in [6, 6.07) is 14.9. The summed E-state index contributed by atoms with van der Waals surface area (Å²) in [5.41, 5.74) is 3.21. The van der Waals surface area contributed by atoms with Crippen LogP contribution in [0.2, 0.25) is 5.02 Å². The molecule has 1 aliphatic rings. The smallest absolute Gasteiger partial charge is 0.325 e. The summed E-state index contributed by atoms with van der Waals surface area (Å²) < 4.78 is 0. The summed E-state index contributed by atoms with van der Waals surface area (Å²) in [4.78, 5) is 16.1. The fourth-order valence-electron chi connectivity index (χ4n) is 3.15. The molecule has 0 spiro atoms. The molecule has 1 fully saturated rings. The Bertz CT molecular complexity index is 692. The van der Waals surface area contributed by atoms with Crippen molar-refractivity contribution < 1.29 is 9.90 Å². The van der Waals surface area contributed by atoms with Gasteiger partial charge in [0.1, 0.15) is 6.04 Å². The number of carbonyl (C=O) groups is 1. The zero-order chi connectivity index (χ0) is 17.1. The number of anilines is 1. The molecule has 1 aliphatic heterocycles. The summed E-state index contributed by atoms with van der Waals surface area (Å²) in [5, 5.41) is 10.3. The SMILES string of the molecule is Cc1ccc(N2CCN([C@@H](C(=O)O)c3ccc(Cl)cc3)CC2)cc1. The minimum absolute atomic E-state index is 0.618. The minimum atomic E-state index is -0.818. The Morgan fingerprint density at radius 1 is 1.00 bits per heavy atom. The molecule has 24 heavy (non-hydrogen) atoms. The topological polar surface area (TPSA) is 43.8 Å². The monoisotopic (exact) mass is 344 g/mol. The van der Waals surface area contributed by atoms with Crippen molar-refractivity contribution in [3.05, 3.63) is 64.7 Å². The Morgan fingerprint density at radius 3 is 2.12 bits per heavy atom. The predicted octanol–water partition coefficient (Wildman–Crippen LogP) is 3.60. The Balaban J connectivity index is 1.70. The van der Waals surface area contributed by atoms with Crippen LogP contribution in [0.3, 0.4) is 0 Å². The van der Waals surface area contributed by atoms with E-state index in [-0.39, 0.29) is 0 Å². The predicted molar refractivity (Wildman–Crippen MR) is 96.8 cm³/mol. The Labute approximate surface area is 147 Å². The molecule has 0 bridgehead atoms. The Hall–Kier alpha value is -2.04. The highest BCUT2D eigenvalue weighted by atomic mass is 35.5. The lowest BCUT2D eigenvalue weighted by Crippen LogP contribution is -2.49.